The summed E-state index contributed by atoms with van der Waals surface area (Å²) in [6, 6.07) is 0. The molecule has 0 aromatic rings. The molecule has 3 nitrogen and oxygen atoms in total. The summed E-state index contributed by atoms with van der Waals surface area (Å²) in [6.45, 7) is 3.83. The van der Waals surface area contributed by atoms with Crippen LogP contribution in [0.2, 0.25) is 0 Å². The predicted molar refractivity (Wildman–Crippen MR) is 75.1 cm³/mol. The molecule has 0 spiro atoms. The molecule has 0 aliphatic heterocycles. The van der Waals surface area contributed by atoms with Crippen LogP contribution in [0.15, 0.2) is 12.7 Å². The topological polar surface area (TPSA) is 46.5 Å². The molecule has 0 aromatic heterocycles. The highest BCUT2D eigenvalue weighted by Crippen LogP contribution is 2.41. The first kappa shape index (κ1) is 14.4. The highest BCUT2D eigenvalue weighted by atomic mass is 16.7. The summed E-state index contributed by atoms with van der Waals surface area (Å²) < 4.78 is 4.88. The number of rotatable bonds is 4. The SMILES string of the molecule is C=CCC1CCC(C2CCC(OC(=O)O)CC2)CC1. The minimum absolute atomic E-state index is 0.0501. The van der Waals surface area contributed by atoms with Crippen molar-refractivity contribution in [2.45, 2.75) is 63.9 Å². The smallest absolute Gasteiger partial charge is 0.450 e. The molecule has 1 N–H and O–H groups in total. The number of hydrogen-bond acceptors (Lipinski definition) is 2. The third kappa shape index (κ3) is 4.26. The lowest BCUT2D eigenvalue weighted by molar-refractivity contribution is 0.0193. The van der Waals surface area contributed by atoms with Gasteiger partial charge in [0.05, 0.1) is 0 Å². The maximum atomic E-state index is 10.5. The van der Waals surface area contributed by atoms with Crippen LogP contribution in [-0.2, 0) is 4.74 Å². The normalized spacial score (nSPS) is 35.6. The van der Waals surface area contributed by atoms with Crippen LogP contribution in [0.25, 0.3) is 0 Å². The summed E-state index contributed by atoms with van der Waals surface area (Å²) in [5, 5.41) is 8.63. The molecular weight excluding hydrogens is 240 g/mol. The van der Waals surface area contributed by atoms with Crippen molar-refractivity contribution < 1.29 is 14.6 Å². The summed E-state index contributed by atoms with van der Waals surface area (Å²) >= 11 is 0. The van der Waals surface area contributed by atoms with Gasteiger partial charge in [0.25, 0.3) is 0 Å². The summed E-state index contributed by atoms with van der Waals surface area (Å²) in [5.74, 6) is 2.53. The number of carboxylic acid groups (broad SMARTS) is 1. The van der Waals surface area contributed by atoms with Gasteiger partial charge in [0, 0.05) is 0 Å². The third-order valence-electron chi connectivity index (χ3n) is 5.04. The summed E-state index contributed by atoms with van der Waals surface area (Å²) in [6.07, 6.45) is 11.6. The van der Waals surface area contributed by atoms with Crippen molar-refractivity contribution in [1.29, 1.82) is 0 Å². The van der Waals surface area contributed by atoms with Gasteiger partial charge in [-0.2, -0.15) is 0 Å². The second-order valence-corrected chi connectivity index (χ2v) is 6.23. The van der Waals surface area contributed by atoms with Crippen LogP contribution in [0.1, 0.15) is 57.8 Å². The molecule has 2 saturated carbocycles. The molecule has 0 bridgehead atoms. The molecular formula is C16H26O3. The minimum Gasteiger partial charge on any atom is -0.450 e. The van der Waals surface area contributed by atoms with Crippen molar-refractivity contribution in [1.82, 2.24) is 0 Å². The molecule has 0 atom stereocenters. The second kappa shape index (κ2) is 6.97. The van der Waals surface area contributed by atoms with Crippen molar-refractivity contribution in [3.05, 3.63) is 12.7 Å². The van der Waals surface area contributed by atoms with Gasteiger partial charge in [0.1, 0.15) is 6.10 Å². The fourth-order valence-electron chi connectivity index (χ4n) is 3.95. The maximum absolute atomic E-state index is 10.5. The van der Waals surface area contributed by atoms with Crippen molar-refractivity contribution in [3.8, 4) is 0 Å². The molecule has 0 radical (unpaired) electrons. The highest BCUT2D eigenvalue weighted by molar-refractivity contribution is 5.57. The molecule has 0 saturated heterocycles. The van der Waals surface area contributed by atoms with Crippen molar-refractivity contribution in [3.63, 3.8) is 0 Å². The molecule has 0 unspecified atom stereocenters. The quantitative estimate of drug-likeness (QED) is 0.596. The van der Waals surface area contributed by atoms with E-state index in [9.17, 15) is 4.79 Å². The first-order chi connectivity index (χ1) is 9.19. The van der Waals surface area contributed by atoms with E-state index in [4.69, 9.17) is 9.84 Å². The van der Waals surface area contributed by atoms with Crippen molar-refractivity contribution in [2.75, 3.05) is 0 Å². The second-order valence-electron chi connectivity index (χ2n) is 6.23. The molecule has 2 aliphatic rings. The Kier molecular flexibility index (Phi) is 5.29. The van der Waals surface area contributed by atoms with E-state index in [1.165, 1.54) is 32.1 Å². The van der Waals surface area contributed by atoms with Gasteiger partial charge in [-0.1, -0.05) is 6.08 Å². The predicted octanol–water partition coefficient (Wildman–Crippen LogP) is 4.62. The van der Waals surface area contributed by atoms with Crippen LogP contribution < -0.4 is 0 Å². The third-order valence-corrected chi connectivity index (χ3v) is 5.04. The first-order valence-corrected chi connectivity index (χ1v) is 7.69. The van der Waals surface area contributed by atoms with Crippen molar-refractivity contribution in [2.24, 2.45) is 17.8 Å². The first-order valence-electron chi connectivity index (χ1n) is 7.69. The van der Waals surface area contributed by atoms with Gasteiger partial charge in [-0.15, -0.1) is 6.58 Å². The van der Waals surface area contributed by atoms with Crippen LogP contribution >= 0.6 is 0 Å². The zero-order valence-electron chi connectivity index (χ0n) is 11.7. The Bertz CT molecular complexity index is 297. The minimum atomic E-state index is -1.12. The standard InChI is InChI=1S/C16H26O3/c1-2-3-12-4-6-13(7-5-12)14-8-10-15(11-9-14)19-16(17)18/h2,12-15H,1,3-11H2,(H,17,18). The highest BCUT2D eigenvalue weighted by Gasteiger charge is 2.31. The lowest BCUT2D eigenvalue weighted by Crippen LogP contribution is -2.29. The molecule has 2 aliphatic carbocycles. The van der Waals surface area contributed by atoms with E-state index in [-0.39, 0.29) is 6.10 Å². The van der Waals surface area contributed by atoms with E-state index >= 15 is 0 Å². The van der Waals surface area contributed by atoms with Gasteiger partial charge in [-0.3, -0.25) is 0 Å². The number of ether oxygens (including phenoxy) is 1. The molecule has 0 heterocycles. The van der Waals surface area contributed by atoms with E-state index in [1.54, 1.807) is 0 Å². The Labute approximate surface area is 116 Å². The molecule has 2 fully saturated rings. The van der Waals surface area contributed by atoms with Gasteiger partial charge in [0.15, 0.2) is 0 Å². The van der Waals surface area contributed by atoms with Crippen molar-refractivity contribution >= 4 is 6.16 Å². The van der Waals surface area contributed by atoms with Crippen LogP contribution in [-0.4, -0.2) is 17.4 Å². The summed E-state index contributed by atoms with van der Waals surface area (Å²) in [7, 11) is 0. The zero-order valence-corrected chi connectivity index (χ0v) is 11.7. The number of hydrogen-bond donors (Lipinski definition) is 1. The van der Waals surface area contributed by atoms with E-state index in [0.29, 0.717) is 0 Å². The molecule has 2 rings (SSSR count). The number of carbonyl (C=O) groups is 1. The Hall–Kier alpha value is -0.990. The monoisotopic (exact) mass is 266 g/mol. The fraction of sp³-hybridized carbons (Fsp3) is 0.812. The van der Waals surface area contributed by atoms with E-state index in [0.717, 1.165) is 43.4 Å². The lowest BCUT2D eigenvalue weighted by Gasteiger charge is -2.37. The Morgan fingerprint density at radius 1 is 1.05 bits per heavy atom. The molecule has 0 aromatic carbocycles. The zero-order chi connectivity index (χ0) is 13.7. The van der Waals surface area contributed by atoms with Gasteiger partial charge >= 0.3 is 6.16 Å². The Balaban J connectivity index is 1.70. The van der Waals surface area contributed by atoms with E-state index < -0.39 is 6.16 Å². The van der Waals surface area contributed by atoms with Gasteiger partial charge in [-0.25, -0.2) is 4.79 Å². The van der Waals surface area contributed by atoms with Gasteiger partial charge in [0.2, 0.25) is 0 Å². The average molecular weight is 266 g/mol. The van der Waals surface area contributed by atoms with Crippen LogP contribution in [0, 0.1) is 17.8 Å². The van der Waals surface area contributed by atoms with Crippen LogP contribution in [0.3, 0.4) is 0 Å². The largest absolute Gasteiger partial charge is 0.506 e. The Morgan fingerprint density at radius 2 is 1.58 bits per heavy atom. The maximum Gasteiger partial charge on any atom is 0.506 e. The summed E-state index contributed by atoms with van der Waals surface area (Å²) in [4.78, 5) is 10.5. The molecule has 3 heteroatoms. The molecule has 108 valence electrons. The van der Waals surface area contributed by atoms with Crippen LogP contribution in [0.5, 0.6) is 0 Å². The average Bonchev–Trinajstić information content (AvgIpc) is 2.40. The van der Waals surface area contributed by atoms with E-state index in [1.807, 2.05) is 0 Å². The summed E-state index contributed by atoms with van der Waals surface area (Å²) in [5.41, 5.74) is 0. The number of allylic oxidation sites excluding steroid dienone is 1. The van der Waals surface area contributed by atoms with Crippen LogP contribution in [0.4, 0.5) is 4.79 Å². The lowest BCUT2D eigenvalue weighted by atomic mass is 9.70. The molecule has 0 amide bonds. The molecule has 19 heavy (non-hydrogen) atoms. The fourth-order valence-corrected chi connectivity index (χ4v) is 3.95. The van der Waals surface area contributed by atoms with Gasteiger partial charge < -0.3 is 9.84 Å². The van der Waals surface area contributed by atoms with Gasteiger partial charge in [-0.05, 0) is 75.5 Å². The van der Waals surface area contributed by atoms with E-state index in [2.05, 4.69) is 12.7 Å². The Morgan fingerprint density at radius 3 is 2.05 bits per heavy atom.